The molecule has 2 aromatic carbocycles. The Bertz CT molecular complexity index is 1230. The molecule has 1 fully saturated rings. The highest BCUT2D eigenvalue weighted by Gasteiger charge is 2.56. The Kier molecular flexibility index (Phi) is 7.63. The van der Waals surface area contributed by atoms with Gasteiger partial charge in [-0.2, -0.15) is 13.2 Å². The lowest BCUT2D eigenvalue weighted by Crippen LogP contribution is -2.19. The molecule has 1 aliphatic carbocycles. The molecule has 3 rings (SSSR count). The molecule has 2 aromatic rings. The van der Waals surface area contributed by atoms with Gasteiger partial charge in [0.2, 0.25) is 11.8 Å². The number of benzene rings is 2. The van der Waals surface area contributed by atoms with Crippen LogP contribution in [0.5, 0.6) is 0 Å². The molecule has 3 amide bonds. The topological polar surface area (TPSA) is 87.3 Å². The van der Waals surface area contributed by atoms with Crippen molar-refractivity contribution in [3.05, 3.63) is 64.7 Å². The van der Waals surface area contributed by atoms with Crippen LogP contribution in [0.25, 0.3) is 0 Å². The smallest absolute Gasteiger partial charge is 0.326 e. The Labute approximate surface area is 209 Å². The lowest BCUT2D eigenvalue weighted by Gasteiger charge is -2.13. The fourth-order valence-corrected chi connectivity index (χ4v) is 3.50. The number of carbonyl (C=O) groups is 3. The number of alkyl halides is 5. The third-order valence-electron chi connectivity index (χ3n) is 4.63. The van der Waals surface area contributed by atoms with Crippen LogP contribution < -0.4 is 16.0 Å². The quantitative estimate of drug-likeness (QED) is 0.230. The van der Waals surface area contributed by atoms with E-state index >= 15 is 0 Å². The molecule has 0 radical (unpaired) electrons. The van der Waals surface area contributed by atoms with E-state index in [4.69, 9.17) is 34.8 Å². The normalized spacial score (nSPS) is 16.6. The Hall–Kier alpha value is -2.89. The highest BCUT2D eigenvalue weighted by molar-refractivity contribution is 6.52. The third kappa shape index (κ3) is 6.83. The first kappa shape index (κ1) is 26.7. The van der Waals surface area contributed by atoms with Crippen LogP contribution in [0.3, 0.4) is 0 Å². The maximum atomic E-state index is 14.7. The van der Waals surface area contributed by atoms with Gasteiger partial charge in [-0.3, -0.25) is 14.4 Å². The van der Waals surface area contributed by atoms with Crippen molar-refractivity contribution in [2.24, 2.45) is 5.92 Å². The SMILES string of the molecule is O=C(/C=C/C(F)(F)F)Nc1c(F)ccc(NC(=O)c2cc(NC(=O)C3CC3(Cl)Cl)ccc2Cl)c1F. The van der Waals surface area contributed by atoms with E-state index in [-0.39, 0.29) is 28.8 Å². The van der Waals surface area contributed by atoms with Gasteiger partial charge in [0.05, 0.1) is 22.2 Å². The van der Waals surface area contributed by atoms with Crippen LogP contribution in [0, 0.1) is 17.6 Å². The summed E-state index contributed by atoms with van der Waals surface area (Å²) in [6, 6.07) is 5.38. The van der Waals surface area contributed by atoms with Crippen molar-refractivity contribution in [2.45, 2.75) is 16.9 Å². The summed E-state index contributed by atoms with van der Waals surface area (Å²) < 4.78 is 64.1. The number of hydrogen-bond donors (Lipinski definition) is 3. The van der Waals surface area contributed by atoms with E-state index in [0.717, 1.165) is 6.07 Å². The van der Waals surface area contributed by atoms with Gasteiger partial charge < -0.3 is 16.0 Å². The van der Waals surface area contributed by atoms with Crippen molar-refractivity contribution in [1.29, 1.82) is 0 Å². The van der Waals surface area contributed by atoms with Gasteiger partial charge in [0.25, 0.3) is 5.91 Å². The van der Waals surface area contributed by atoms with Gasteiger partial charge >= 0.3 is 6.18 Å². The lowest BCUT2D eigenvalue weighted by molar-refractivity contribution is -0.117. The molecule has 3 N–H and O–H groups in total. The van der Waals surface area contributed by atoms with Gasteiger partial charge in [0.15, 0.2) is 5.82 Å². The van der Waals surface area contributed by atoms with Crippen LogP contribution in [-0.4, -0.2) is 28.2 Å². The van der Waals surface area contributed by atoms with E-state index in [1.54, 1.807) is 5.32 Å². The second-order valence-corrected chi connectivity index (χ2v) is 9.25. The molecule has 0 spiro atoms. The average Bonchev–Trinajstić information content (AvgIpc) is 3.40. The lowest BCUT2D eigenvalue weighted by atomic mass is 10.1. The van der Waals surface area contributed by atoms with E-state index in [1.165, 1.54) is 18.2 Å². The molecule has 0 saturated heterocycles. The Morgan fingerprint density at radius 3 is 2.29 bits per heavy atom. The predicted octanol–water partition coefficient (Wildman–Crippen LogP) is 6.06. The Morgan fingerprint density at radius 2 is 1.69 bits per heavy atom. The molecule has 1 atom stereocenters. The minimum Gasteiger partial charge on any atom is -0.326 e. The standard InChI is InChI=1S/C21H13Cl3F5N3O3/c22-12-2-1-9(30-19(35)11-8-20(11,23)24)7-10(12)18(34)31-14-4-3-13(25)17(16(14)26)32-15(33)5-6-21(27,28)29/h1-7,11H,8H2,(H,30,35)(H,31,34)(H,32,33)/b6-5+. The first-order chi connectivity index (χ1) is 16.2. The van der Waals surface area contributed by atoms with Crippen molar-refractivity contribution in [3.8, 4) is 0 Å². The molecule has 6 nitrogen and oxygen atoms in total. The average molecular weight is 557 g/mol. The monoisotopic (exact) mass is 555 g/mol. The first-order valence-corrected chi connectivity index (χ1v) is 10.7. The maximum absolute atomic E-state index is 14.7. The molecule has 0 aromatic heterocycles. The van der Waals surface area contributed by atoms with E-state index in [0.29, 0.717) is 6.07 Å². The minimum atomic E-state index is -4.81. The van der Waals surface area contributed by atoms with Gasteiger partial charge in [0, 0.05) is 17.8 Å². The fraction of sp³-hybridized carbons (Fsp3) is 0.190. The summed E-state index contributed by atoms with van der Waals surface area (Å²) >= 11 is 17.7. The van der Waals surface area contributed by atoms with Crippen LogP contribution in [0.2, 0.25) is 5.02 Å². The van der Waals surface area contributed by atoms with Crippen molar-refractivity contribution < 1.29 is 36.3 Å². The van der Waals surface area contributed by atoms with Crippen molar-refractivity contribution >= 4 is 69.6 Å². The van der Waals surface area contributed by atoms with Gasteiger partial charge in [-0.15, -0.1) is 23.2 Å². The molecular formula is C21H13Cl3F5N3O3. The minimum absolute atomic E-state index is 0.0455. The zero-order valence-corrected chi connectivity index (χ0v) is 19.3. The van der Waals surface area contributed by atoms with E-state index in [1.807, 2.05) is 0 Å². The van der Waals surface area contributed by atoms with Gasteiger partial charge in [-0.1, -0.05) is 11.6 Å². The summed E-state index contributed by atoms with van der Waals surface area (Å²) in [5.41, 5.74) is -1.74. The zero-order chi connectivity index (χ0) is 26.1. The molecule has 0 aliphatic heterocycles. The molecule has 186 valence electrons. The van der Waals surface area contributed by atoms with Gasteiger partial charge in [-0.05, 0) is 36.8 Å². The Morgan fingerprint density at radius 1 is 1.03 bits per heavy atom. The van der Waals surface area contributed by atoms with Crippen molar-refractivity contribution in [3.63, 3.8) is 0 Å². The third-order valence-corrected chi connectivity index (χ3v) is 5.80. The number of rotatable bonds is 6. The number of anilines is 3. The maximum Gasteiger partial charge on any atom is 0.409 e. The molecule has 1 aliphatic rings. The summed E-state index contributed by atoms with van der Waals surface area (Å²) in [6.07, 6.45) is -4.93. The van der Waals surface area contributed by atoms with Crippen LogP contribution in [0.1, 0.15) is 16.8 Å². The first-order valence-electron chi connectivity index (χ1n) is 9.52. The molecule has 14 heteroatoms. The molecular weight excluding hydrogens is 544 g/mol. The van der Waals surface area contributed by atoms with Crippen LogP contribution in [-0.2, 0) is 9.59 Å². The van der Waals surface area contributed by atoms with Crippen molar-refractivity contribution in [1.82, 2.24) is 0 Å². The number of allylic oxidation sites excluding steroid dienone is 1. The summed E-state index contributed by atoms with van der Waals surface area (Å²) in [4.78, 5) is 36.4. The van der Waals surface area contributed by atoms with Crippen molar-refractivity contribution in [2.75, 3.05) is 16.0 Å². The Balaban J connectivity index is 1.77. The van der Waals surface area contributed by atoms with E-state index < -0.39 is 63.2 Å². The number of carbonyl (C=O) groups excluding carboxylic acids is 3. The number of hydrogen-bond acceptors (Lipinski definition) is 3. The zero-order valence-electron chi connectivity index (χ0n) is 17.1. The molecule has 1 unspecified atom stereocenters. The second-order valence-electron chi connectivity index (χ2n) is 7.30. The number of halogens is 8. The predicted molar refractivity (Wildman–Crippen MR) is 121 cm³/mol. The fourth-order valence-electron chi connectivity index (χ4n) is 2.79. The summed E-state index contributed by atoms with van der Waals surface area (Å²) in [6.45, 7) is 0. The summed E-state index contributed by atoms with van der Waals surface area (Å²) in [7, 11) is 0. The summed E-state index contributed by atoms with van der Waals surface area (Å²) in [5.74, 6) is -6.32. The van der Waals surface area contributed by atoms with Gasteiger partial charge in [-0.25, -0.2) is 8.78 Å². The summed E-state index contributed by atoms with van der Waals surface area (Å²) in [5, 5.41) is 6.21. The molecule has 35 heavy (non-hydrogen) atoms. The molecule has 0 heterocycles. The van der Waals surface area contributed by atoms with E-state index in [9.17, 15) is 36.3 Å². The van der Waals surface area contributed by atoms with Crippen LogP contribution >= 0.6 is 34.8 Å². The number of amides is 3. The second kappa shape index (κ2) is 10.00. The highest BCUT2D eigenvalue weighted by Crippen LogP contribution is 2.53. The molecule has 0 bridgehead atoms. The number of nitrogens with one attached hydrogen (secondary N) is 3. The highest BCUT2D eigenvalue weighted by atomic mass is 35.5. The van der Waals surface area contributed by atoms with Crippen LogP contribution in [0.15, 0.2) is 42.5 Å². The van der Waals surface area contributed by atoms with Gasteiger partial charge in [0.1, 0.15) is 15.8 Å². The van der Waals surface area contributed by atoms with Crippen LogP contribution in [0.4, 0.5) is 39.0 Å². The largest absolute Gasteiger partial charge is 0.409 e. The van der Waals surface area contributed by atoms with E-state index in [2.05, 4.69) is 10.6 Å². The molecule has 1 saturated carbocycles.